The quantitative estimate of drug-likeness (QED) is 0.834. The smallest absolute Gasteiger partial charge is 0.147 e. The number of rotatable bonds is 1. The Morgan fingerprint density at radius 2 is 1.89 bits per heavy atom. The van der Waals surface area contributed by atoms with Crippen LogP contribution in [0.4, 0.5) is 0 Å². The Morgan fingerprint density at radius 3 is 2.39 bits per heavy atom. The van der Waals surface area contributed by atoms with E-state index in [0.29, 0.717) is 5.92 Å². The third-order valence-electron chi connectivity index (χ3n) is 4.12. The molecule has 18 heavy (non-hydrogen) atoms. The van der Waals surface area contributed by atoms with Gasteiger partial charge in [-0.1, -0.05) is 20.8 Å². The summed E-state index contributed by atoms with van der Waals surface area (Å²) in [5.74, 6) is 2.32. The van der Waals surface area contributed by atoms with E-state index in [9.17, 15) is 5.11 Å². The second kappa shape index (κ2) is 4.65. The fourth-order valence-electron chi connectivity index (χ4n) is 3.26. The second-order valence-electron chi connectivity index (χ2n) is 6.66. The Morgan fingerprint density at radius 1 is 1.22 bits per heavy atom. The molecular formula is C14H25N3O. The van der Waals surface area contributed by atoms with Crippen LogP contribution in [0.5, 0.6) is 0 Å². The van der Waals surface area contributed by atoms with Crippen molar-refractivity contribution in [2.75, 3.05) is 0 Å². The van der Waals surface area contributed by atoms with Crippen LogP contribution in [0.15, 0.2) is 0 Å². The first-order valence-electron chi connectivity index (χ1n) is 6.87. The first-order valence-corrected chi connectivity index (χ1v) is 6.87. The maximum atomic E-state index is 9.96. The van der Waals surface area contributed by atoms with Gasteiger partial charge in [-0.15, -0.1) is 0 Å². The van der Waals surface area contributed by atoms with Crippen molar-refractivity contribution in [1.82, 2.24) is 14.8 Å². The highest BCUT2D eigenvalue weighted by Gasteiger charge is 2.39. The van der Waals surface area contributed by atoms with Crippen molar-refractivity contribution in [3.05, 3.63) is 11.6 Å². The average molecular weight is 251 g/mol. The third kappa shape index (κ3) is 2.58. The molecule has 1 saturated carbocycles. The highest BCUT2D eigenvalue weighted by atomic mass is 16.3. The molecule has 102 valence electrons. The van der Waals surface area contributed by atoms with Gasteiger partial charge in [0.05, 0.1) is 12.1 Å². The molecule has 0 aliphatic heterocycles. The standard InChI is InChI=1S/C14H25N3O/c1-9-15-10(2)17(16-9)13-8-11(18)6-7-12(13)14(3,4)5/h11-13,18H,6-8H2,1-5H3. The first kappa shape index (κ1) is 13.5. The highest BCUT2D eigenvalue weighted by Crippen LogP contribution is 2.44. The van der Waals surface area contributed by atoms with Crippen LogP contribution in [-0.2, 0) is 0 Å². The lowest BCUT2D eigenvalue weighted by Crippen LogP contribution is -2.38. The molecule has 1 N–H and O–H groups in total. The molecule has 1 aromatic rings. The molecule has 0 spiro atoms. The SMILES string of the molecule is Cc1nc(C)n(C2CC(O)CCC2C(C)(C)C)n1. The molecule has 1 aliphatic carbocycles. The first-order chi connectivity index (χ1) is 8.29. The molecule has 3 atom stereocenters. The molecule has 0 saturated heterocycles. The van der Waals surface area contributed by atoms with Crippen LogP contribution >= 0.6 is 0 Å². The van der Waals surface area contributed by atoms with Crippen molar-refractivity contribution in [3.8, 4) is 0 Å². The molecule has 3 unspecified atom stereocenters. The molecule has 4 nitrogen and oxygen atoms in total. The predicted molar refractivity (Wildman–Crippen MR) is 71.3 cm³/mol. The fourth-order valence-corrected chi connectivity index (χ4v) is 3.26. The number of aromatic nitrogens is 3. The van der Waals surface area contributed by atoms with E-state index in [0.717, 1.165) is 30.9 Å². The molecule has 0 radical (unpaired) electrons. The van der Waals surface area contributed by atoms with Gasteiger partial charge in [0.25, 0.3) is 0 Å². The number of hydrogen-bond acceptors (Lipinski definition) is 3. The Kier molecular flexibility index (Phi) is 3.49. The van der Waals surface area contributed by atoms with Crippen LogP contribution < -0.4 is 0 Å². The molecule has 2 rings (SSSR count). The Bertz CT molecular complexity index is 419. The van der Waals surface area contributed by atoms with Gasteiger partial charge in [-0.3, -0.25) is 0 Å². The predicted octanol–water partition coefficient (Wildman–Crippen LogP) is 2.64. The van der Waals surface area contributed by atoms with Crippen LogP contribution in [-0.4, -0.2) is 26.0 Å². The molecule has 0 amide bonds. The van der Waals surface area contributed by atoms with Gasteiger partial charge < -0.3 is 5.11 Å². The van der Waals surface area contributed by atoms with Gasteiger partial charge in [-0.05, 0) is 44.4 Å². The Labute approximate surface area is 109 Å². The van der Waals surface area contributed by atoms with Crippen LogP contribution in [0, 0.1) is 25.2 Å². The fraction of sp³-hybridized carbons (Fsp3) is 0.857. The van der Waals surface area contributed by atoms with Crippen molar-refractivity contribution in [1.29, 1.82) is 0 Å². The van der Waals surface area contributed by atoms with Crippen LogP contribution in [0.25, 0.3) is 0 Å². The average Bonchev–Trinajstić information content (AvgIpc) is 2.55. The summed E-state index contributed by atoms with van der Waals surface area (Å²) in [7, 11) is 0. The van der Waals surface area contributed by atoms with E-state index in [1.54, 1.807) is 0 Å². The molecule has 1 aromatic heterocycles. The van der Waals surface area contributed by atoms with E-state index in [4.69, 9.17) is 0 Å². The summed E-state index contributed by atoms with van der Waals surface area (Å²) in [6, 6.07) is 0.273. The number of aliphatic hydroxyl groups is 1. The monoisotopic (exact) mass is 251 g/mol. The van der Waals surface area contributed by atoms with Gasteiger partial charge in [0, 0.05) is 0 Å². The van der Waals surface area contributed by atoms with Crippen molar-refractivity contribution >= 4 is 0 Å². The van der Waals surface area contributed by atoms with Gasteiger partial charge in [-0.25, -0.2) is 9.67 Å². The molecule has 0 aromatic carbocycles. The lowest BCUT2D eigenvalue weighted by molar-refractivity contribution is 0.0244. The second-order valence-corrected chi connectivity index (χ2v) is 6.66. The van der Waals surface area contributed by atoms with Crippen LogP contribution in [0.1, 0.15) is 57.7 Å². The third-order valence-corrected chi connectivity index (χ3v) is 4.12. The summed E-state index contributed by atoms with van der Waals surface area (Å²) < 4.78 is 2.04. The molecule has 1 fully saturated rings. The maximum absolute atomic E-state index is 9.96. The lowest BCUT2D eigenvalue weighted by atomic mass is 9.69. The van der Waals surface area contributed by atoms with Gasteiger partial charge in [0.15, 0.2) is 0 Å². The summed E-state index contributed by atoms with van der Waals surface area (Å²) in [5.41, 5.74) is 0.233. The van der Waals surface area contributed by atoms with Crippen molar-refractivity contribution < 1.29 is 5.11 Å². The van der Waals surface area contributed by atoms with Crippen molar-refractivity contribution in [3.63, 3.8) is 0 Å². The lowest BCUT2D eigenvalue weighted by Gasteiger charge is -2.42. The Balaban J connectivity index is 2.34. The molecular weight excluding hydrogens is 226 g/mol. The van der Waals surface area contributed by atoms with Gasteiger partial charge >= 0.3 is 0 Å². The zero-order valence-electron chi connectivity index (χ0n) is 12.1. The van der Waals surface area contributed by atoms with E-state index in [2.05, 4.69) is 30.9 Å². The summed E-state index contributed by atoms with van der Waals surface area (Å²) in [4.78, 5) is 4.40. The zero-order valence-corrected chi connectivity index (χ0v) is 12.1. The van der Waals surface area contributed by atoms with Crippen LogP contribution in [0.2, 0.25) is 0 Å². The van der Waals surface area contributed by atoms with Crippen LogP contribution in [0.3, 0.4) is 0 Å². The van der Waals surface area contributed by atoms with Crippen molar-refractivity contribution in [2.45, 2.75) is 66.0 Å². The number of aryl methyl sites for hydroxylation is 2. The largest absolute Gasteiger partial charge is 0.393 e. The van der Waals surface area contributed by atoms with Crippen molar-refractivity contribution in [2.24, 2.45) is 11.3 Å². The molecule has 1 aliphatic rings. The van der Waals surface area contributed by atoms with E-state index in [-0.39, 0.29) is 17.6 Å². The summed E-state index contributed by atoms with van der Waals surface area (Å²) in [6.07, 6.45) is 2.57. The Hall–Kier alpha value is -0.900. The normalized spacial score (nSPS) is 29.6. The minimum Gasteiger partial charge on any atom is -0.393 e. The zero-order chi connectivity index (χ0) is 13.5. The summed E-state index contributed by atoms with van der Waals surface area (Å²) >= 11 is 0. The maximum Gasteiger partial charge on any atom is 0.147 e. The van der Waals surface area contributed by atoms with Gasteiger partial charge in [-0.2, -0.15) is 5.10 Å². The minimum absolute atomic E-state index is 0.197. The highest BCUT2D eigenvalue weighted by molar-refractivity contribution is 4.96. The van der Waals surface area contributed by atoms with E-state index in [1.807, 2.05) is 18.5 Å². The number of nitrogens with zero attached hydrogens (tertiary/aromatic N) is 3. The summed E-state index contributed by atoms with van der Waals surface area (Å²) in [6.45, 7) is 10.8. The molecule has 1 heterocycles. The topological polar surface area (TPSA) is 50.9 Å². The van der Waals surface area contributed by atoms with Gasteiger partial charge in [0.1, 0.15) is 11.6 Å². The van der Waals surface area contributed by atoms with E-state index in [1.165, 1.54) is 0 Å². The number of hydrogen-bond donors (Lipinski definition) is 1. The summed E-state index contributed by atoms with van der Waals surface area (Å²) in [5, 5.41) is 14.5. The molecule has 0 bridgehead atoms. The minimum atomic E-state index is -0.197. The van der Waals surface area contributed by atoms with E-state index >= 15 is 0 Å². The number of aliphatic hydroxyl groups excluding tert-OH is 1. The molecule has 4 heteroatoms. The van der Waals surface area contributed by atoms with Gasteiger partial charge in [0.2, 0.25) is 0 Å². The van der Waals surface area contributed by atoms with E-state index < -0.39 is 0 Å².